The summed E-state index contributed by atoms with van der Waals surface area (Å²) in [5, 5.41) is 2.97. The molecule has 0 unspecified atom stereocenters. The molecule has 0 aliphatic carbocycles. The fraction of sp³-hybridized carbons (Fsp3) is 0.154. The summed E-state index contributed by atoms with van der Waals surface area (Å²) in [6.07, 6.45) is 1.57. The van der Waals surface area contributed by atoms with Gasteiger partial charge in [0, 0.05) is 0 Å². The number of ether oxygens (including phenoxy) is 2. The average molecular weight is 463 g/mol. The van der Waals surface area contributed by atoms with Gasteiger partial charge in [-0.3, -0.25) is 9.69 Å². The van der Waals surface area contributed by atoms with Crippen molar-refractivity contribution >= 4 is 29.6 Å². The SMILES string of the molecule is COc1cc(/C=C2/NC(=O)N(Cc3ccccc3)C2=O)cc(Cl)c1OCc1ccc(C)cc1. The van der Waals surface area contributed by atoms with E-state index in [1.54, 1.807) is 18.2 Å². The fourth-order valence-electron chi connectivity index (χ4n) is 3.45. The van der Waals surface area contributed by atoms with Gasteiger partial charge in [0.1, 0.15) is 12.3 Å². The van der Waals surface area contributed by atoms with Crippen molar-refractivity contribution < 1.29 is 19.1 Å². The van der Waals surface area contributed by atoms with Crippen LogP contribution >= 0.6 is 11.6 Å². The molecule has 6 nitrogen and oxygen atoms in total. The van der Waals surface area contributed by atoms with E-state index in [1.165, 1.54) is 17.6 Å². The number of carbonyl (C=O) groups is 2. The van der Waals surface area contributed by atoms with Crippen LogP contribution < -0.4 is 14.8 Å². The van der Waals surface area contributed by atoms with Crippen LogP contribution in [0.2, 0.25) is 5.02 Å². The minimum Gasteiger partial charge on any atom is -0.493 e. The largest absolute Gasteiger partial charge is 0.493 e. The van der Waals surface area contributed by atoms with Crippen molar-refractivity contribution in [1.82, 2.24) is 10.2 Å². The van der Waals surface area contributed by atoms with Gasteiger partial charge in [-0.15, -0.1) is 0 Å². The molecule has 1 heterocycles. The highest BCUT2D eigenvalue weighted by atomic mass is 35.5. The lowest BCUT2D eigenvalue weighted by Gasteiger charge is -2.14. The molecule has 3 aromatic rings. The molecule has 7 heteroatoms. The van der Waals surface area contributed by atoms with Gasteiger partial charge >= 0.3 is 6.03 Å². The third-order valence-corrected chi connectivity index (χ3v) is 5.49. The van der Waals surface area contributed by atoms with E-state index in [4.69, 9.17) is 21.1 Å². The standard InChI is InChI=1S/C26H23ClN2O4/c1-17-8-10-19(11-9-17)16-33-24-21(27)12-20(14-23(24)32-2)13-22-25(30)29(26(31)28-22)15-18-6-4-3-5-7-18/h3-14H,15-16H2,1-2H3,(H,28,31)/b22-13+. The number of nitrogens with zero attached hydrogens (tertiary/aromatic N) is 1. The summed E-state index contributed by atoms with van der Waals surface area (Å²) < 4.78 is 11.4. The first-order chi connectivity index (χ1) is 15.9. The van der Waals surface area contributed by atoms with Gasteiger partial charge in [0.25, 0.3) is 5.91 Å². The Labute approximate surface area is 197 Å². The van der Waals surface area contributed by atoms with Crippen LogP contribution in [0.3, 0.4) is 0 Å². The summed E-state index contributed by atoms with van der Waals surface area (Å²) in [6.45, 7) is 2.55. The molecule has 0 radical (unpaired) electrons. The second kappa shape index (κ2) is 9.79. The lowest BCUT2D eigenvalue weighted by Crippen LogP contribution is -2.30. The molecular formula is C26H23ClN2O4. The maximum Gasteiger partial charge on any atom is 0.329 e. The monoisotopic (exact) mass is 462 g/mol. The first-order valence-corrected chi connectivity index (χ1v) is 10.8. The highest BCUT2D eigenvalue weighted by Crippen LogP contribution is 2.37. The average Bonchev–Trinajstić information content (AvgIpc) is 3.07. The molecule has 0 bridgehead atoms. The number of hydrogen-bond donors (Lipinski definition) is 1. The number of carbonyl (C=O) groups excluding carboxylic acids is 2. The molecule has 1 N–H and O–H groups in total. The maximum absolute atomic E-state index is 12.8. The third kappa shape index (κ3) is 5.18. The molecule has 3 aromatic carbocycles. The molecule has 0 atom stereocenters. The van der Waals surface area contributed by atoms with E-state index < -0.39 is 11.9 Å². The Balaban J connectivity index is 1.53. The predicted molar refractivity (Wildman–Crippen MR) is 127 cm³/mol. The zero-order chi connectivity index (χ0) is 23.4. The number of aryl methyl sites for hydroxylation is 1. The first kappa shape index (κ1) is 22.4. The molecule has 3 amide bonds. The number of nitrogens with one attached hydrogen (secondary N) is 1. The van der Waals surface area contributed by atoms with E-state index in [-0.39, 0.29) is 12.2 Å². The van der Waals surface area contributed by atoms with Crippen LogP contribution in [0.15, 0.2) is 72.4 Å². The number of imide groups is 1. The van der Waals surface area contributed by atoms with Gasteiger partial charge < -0.3 is 14.8 Å². The van der Waals surface area contributed by atoms with Crippen LogP contribution in [-0.2, 0) is 17.9 Å². The molecular weight excluding hydrogens is 440 g/mol. The highest BCUT2D eigenvalue weighted by Gasteiger charge is 2.33. The van der Waals surface area contributed by atoms with Gasteiger partial charge in [0.05, 0.1) is 18.7 Å². The van der Waals surface area contributed by atoms with Crippen molar-refractivity contribution in [2.24, 2.45) is 0 Å². The number of methoxy groups -OCH3 is 1. The van der Waals surface area contributed by atoms with E-state index in [9.17, 15) is 9.59 Å². The van der Waals surface area contributed by atoms with E-state index in [2.05, 4.69) is 5.32 Å². The molecule has 0 spiro atoms. The number of amides is 3. The topological polar surface area (TPSA) is 67.9 Å². The van der Waals surface area contributed by atoms with Crippen molar-refractivity contribution in [3.8, 4) is 11.5 Å². The highest BCUT2D eigenvalue weighted by molar-refractivity contribution is 6.32. The summed E-state index contributed by atoms with van der Waals surface area (Å²) in [5.41, 5.74) is 3.81. The number of halogens is 1. The molecule has 33 heavy (non-hydrogen) atoms. The first-order valence-electron chi connectivity index (χ1n) is 10.4. The Bertz CT molecular complexity index is 1210. The molecule has 1 fully saturated rings. The zero-order valence-electron chi connectivity index (χ0n) is 18.3. The lowest BCUT2D eigenvalue weighted by atomic mass is 10.1. The molecule has 4 rings (SSSR count). The van der Waals surface area contributed by atoms with Crippen LogP contribution in [0.1, 0.15) is 22.3 Å². The zero-order valence-corrected chi connectivity index (χ0v) is 19.1. The van der Waals surface area contributed by atoms with Crippen LogP contribution in [0.4, 0.5) is 4.79 Å². The minimum atomic E-state index is -0.466. The van der Waals surface area contributed by atoms with Gasteiger partial charge in [-0.25, -0.2) is 4.79 Å². The van der Waals surface area contributed by atoms with Gasteiger partial charge in [0.15, 0.2) is 11.5 Å². The van der Waals surface area contributed by atoms with Crippen molar-refractivity contribution in [3.05, 3.63) is 99.7 Å². The summed E-state index contributed by atoms with van der Waals surface area (Å²) in [6, 6.07) is 20.3. The van der Waals surface area contributed by atoms with Crippen molar-refractivity contribution in [1.29, 1.82) is 0 Å². The second-order valence-corrected chi connectivity index (χ2v) is 8.08. The molecule has 1 saturated heterocycles. The van der Waals surface area contributed by atoms with Crippen LogP contribution in [0, 0.1) is 6.92 Å². The van der Waals surface area contributed by atoms with Crippen molar-refractivity contribution in [3.63, 3.8) is 0 Å². The number of hydrogen-bond acceptors (Lipinski definition) is 4. The van der Waals surface area contributed by atoms with Crippen LogP contribution in [0.25, 0.3) is 6.08 Å². The molecule has 168 valence electrons. The molecule has 0 aromatic heterocycles. The van der Waals surface area contributed by atoms with Crippen LogP contribution in [-0.4, -0.2) is 23.9 Å². The summed E-state index contributed by atoms with van der Waals surface area (Å²) in [5.74, 6) is 0.437. The Hall–Kier alpha value is -3.77. The fourth-order valence-corrected chi connectivity index (χ4v) is 3.72. The summed E-state index contributed by atoms with van der Waals surface area (Å²) in [7, 11) is 1.52. The van der Waals surface area contributed by atoms with Crippen LogP contribution in [0.5, 0.6) is 11.5 Å². The minimum absolute atomic E-state index is 0.169. The second-order valence-electron chi connectivity index (χ2n) is 7.67. The molecule has 1 aliphatic rings. The number of rotatable bonds is 7. The Morgan fingerprint density at radius 1 is 1.00 bits per heavy atom. The smallest absolute Gasteiger partial charge is 0.329 e. The Morgan fingerprint density at radius 3 is 2.42 bits per heavy atom. The van der Waals surface area contributed by atoms with E-state index in [0.29, 0.717) is 28.7 Å². The lowest BCUT2D eigenvalue weighted by molar-refractivity contribution is -0.123. The predicted octanol–water partition coefficient (Wildman–Crippen LogP) is 5.33. The molecule has 1 aliphatic heterocycles. The summed E-state index contributed by atoms with van der Waals surface area (Å²) in [4.78, 5) is 26.3. The van der Waals surface area contributed by atoms with E-state index in [1.807, 2.05) is 61.5 Å². The third-order valence-electron chi connectivity index (χ3n) is 5.21. The van der Waals surface area contributed by atoms with Gasteiger partial charge in [-0.05, 0) is 41.8 Å². The maximum atomic E-state index is 12.8. The van der Waals surface area contributed by atoms with Gasteiger partial charge in [-0.1, -0.05) is 71.8 Å². The van der Waals surface area contributed by atoms with Gasteiger partial charge in [0.2, 0.25) is 0 Å². The quantitative estimate of drug-likeness (QED) is 0.380. The Morgan fingerprint density at radius 2 is 1.73 bits per heavy atom. The van der Waals surface area contributed by atoms with E-state index >= 15 is 0 Å². The van der Waals surface area contributed by atoms with Crippen molar-refractivity contribution in [2.75, 3.05) is 7.11 Å². The number of urea groups is 1. The van der Waals surface area contributed by atoms with Crippen molar-refractivity contribution in [2.45, 2.75) is 20.1 Å². The van der Waals surface area contributed by atoms with E-state index in [0.717, 1.165) is 11.1 Å². The normalized spacial score (nSPS) is 14.5. The van der Waals surface area contributed by atoms with Gasteiger partial charge in [-0.2, -0.15) is 0 Å². The molecule has 0 saturated carbocycles. The Kier molecular flexibility index (Phi) is 6.66. The summed E-state index contributed by atoms with van der Waals surface area (Å²) >= 11 is 6.47. The number of benzene rings is 3.